The predicted molar refractivity (Wildman–Crippen MR) is 70.0 cm³/mol. The molecule has 1 heterocycles. The van der Waals surface area contributed by atoms with Gasteiger partial charge in [-0.25, -0.2) is 0 Å². The molecular formula is C11H14NO3S2+. The van der Waals surface area contributed by atoms with Crippen LogP contribution in [0.2, 0.25) is 0 Å². The van der Waals surface area contributed by atoms with Gasteiger partial charge in [0.25, 0.3) is 10.1 Å². The number of thiazole rings is 1. The van der Waals surface area contributed by atoms with Crippen LogP contribution in [-0.2, 0) is 15.9 Å². The molecule has 0 aliphatic heterocycles. The molecule has 1 unspecified atom stereocenters. The molecule has 2 aromatic rings. The second-order valence-electron chi connectivity index (χ2n) is 3.83. The lowest BCUT2D eigenvalue weighted by molar-refractivity contribution is 0.482. The molecule has 0 aliphatic rings. The number of aryl methyl sites for hydroxylation is 2. The van der Waals surface area contributed by atoms with Gasteiger partial charge in [-0.1, -0.05) is 12.1 Å². The molecule has 4 nitrogen and oxygen atoms in total. The standard InChI is InChI=1S/C11H13NO3S2/c1-9-12-10-5-2-3-6-11(10)16(9)7-4-8-17(13,14)15/h2-3,5-6H,4,7-8H2,1H3/p+1. The van der Waals surface area contributed by atoms with Crippen molar-refractivity contribution in [3.05, 3.63) is 29.3 Å². The zero-order chi connectivity index (χ0) is 12.5. The van der Waals surface area contributed by atoms with Gasteiger partial charge in [0, 0.05) is 29.9 Å². The molecule has 0 radical (unpaired) electrons. The van der Waals surface area contributed by atoms with Crippen LogP contribution in [0.3, 0.4) is 0 Å². The van der Waals surface area contributed by atoms with E-state index in [4.69, 9.17) is 4.55 Å². The predicted octanol–water partition coefficient (Wildman–Crippen LogP) is 2.57. The molecule has 0 aliphatic carbocycles. The van der Waals surface area contributed by atoms with Gasteiger partial charge in [-0.3, -0.25) is 4.55 Å². The Kier molecular flexibility index (Phi) is 3.46. The Morgan fingerprint density at radius 3 is 2.76 bits per heavy atom. The Balaban J connectivity index is 2.21. The van der Waals surface area contributed by atoms with E-state index in [0.29, 0.717) is 6.42 Å². The van der Waals surface area contributed by atoms with Gasteiger partial charge in [0.1, 0.15) is 11.3 Å². The Labute approximate surface area is 103 Å². The molecule has 0 spiro atoms. The Morgan fingerprint density at radius 1 is 1.35 bits per heavy atom. The highest BCUT2D eigenvalue weighted by Gasteiger charge is 2.19. The van der Waals surface area contributed by atoms with E-state index in [1.807, 2.05) is 31.2 Å². The first-order valence-electron chi connectivity index (χ1n) is 5.28. The summed E-state index contributed by atoms with van der Waals surface area (Å²) < 4.78 is 31.2. The number of fused-ring (bicyclic) bond motifs is 1. The van der Waals surface area contributed by atoms with Crippen LogP contribution in [0, 0.1) is 6.92 Å². The number of hydrogen-bond acceptors (Lipinski definition) is 3. The van der Waals surface area contributed by atoms with Crippen LogP contribution < -0.4 is 0 Å². The second kappa shape index (κ2) is 4.72. The lowest BCUT2D eigenvalue weighted by atomic mass is 10.3. The number of rotatable bonds is 4. The molecule has 6 heteroatoms. The summed E-state index contributed by atoms with van der Waals surface area (Å²) in [5.74, 6) is 0.554. The quantitative estimate of drug-likeness (QED) is 0.686. The van der Waals surface area contributed by atoms with Crippen LogP contribution in [-0.4, -0.2) is 23.7 Å². The van der Waals surface area contributed by atoms with Gasteiger partial charge in [0.2, 0.25) is 9.71 Å². The van der Waals surface area contributed by atoms with E-state index in [1.54, 1.807) is 0 Å². The van der Waals surface area contributed by atoms with Crippen LogP contribution in [0.25, 0.3) is 10.2 Å². The van der Waals surface area contributed by atoms with Crippen molar-refractivity contribution in [3.63, 3.8) is 0 Å². The van der Waals surface area contributed by atoms with Gasteiger partial charge in [-0.15, -0.1) is 0 Å². The average Bonchev–Trinajstić information content (AvgIpc) is 2.54. The molecule has 0 saturated heterocycles. The summed E-state index contributed by atoms with van der Waals surface area (Å²) in [7, 11) is -3.95. The summed E-state index contributed by atoms with van der Waals surface area (Å²) >= 11 is 0. The van der Waals surface area contributed by atoms with Gasteiger partial charge < -0.3 is 0 Å². The molecular weight excluding hydrogens is 258 g/mol. The van der Waals surface area contributed by atoms with Crippen LogP contribution in [0.4, 0.5) is 0 Å². The maximum Gasteiger partial charge on any atom is 0.265 e. The number of para-hydroxylation sites is 1. The fraction of sp³-hybridized carbons (Fsp3) is 0.364. The normalized spacial score (nSPS) is 13.2. The minimum Gasteiger partial charge on any atom is -0.286 e. The van der Waals surface area contributed by atoms with Gasteiger partial charge in [-0.05, 0) is 6.07 Å². The van der Waals surface area contributed by atoms with Crippen molar-refractivity contribution in [3.8, 4) is 0 Å². The van der Waals surface area contributed by atoms with Gasteiger partial charge in [0.15, 0.2) is 0 Å². The fourth-order valence-corrected chi connectivity index (χ4v) is 4.56. The highest BCUT2D eigenvalue weighted by atomic mass is 32.2. The lowest BCUT2D eigenvalue weighted by Gasteiger charge is -1.93. The van der Waals surface area contributed by atoms with Crippen molar-refractivity contribution in [2.24, 2.45) is 0 Å². The van der Waals surface area contributed by atoms with E-state index in [0.717, 1.165) is 16.3 Å². The molecule has 2 rings (SSSR count). The van der Waals surface area contributed by atoms with E-state index >= 15 is 0 Å². The summed E-state index contributed by atoms with van der Waals surface area (Å²) in [6, 6.07) is 7.91. The first-order valence-corrected chi connectivity index (χ1v) is 8.28. The molecule has 0 fully saturated rings. The van der Waals surface area contributed by atoms with Crippen LogP contribution in [0.5, 0.6) is 0 Å². The maximum atomic E-state index is 10.7. The van der Waals surface area contributed by atoms with E-state index in [2.05, 4.69) is 4.98 Å². The summed E-state index contributed by atoms with van der Waals surface area (Å²) in [6.07, 6.45) is 0.461. The molecule has 0 amide bonds. The van der Waals surface area contributed by atoms with Crippen LogP contribution >= 0.6 is 10.5 Å². The van der Waals surface area contributed by atoms with E-state index < -0.39 is 10.1 Å². The Hall–Kier alpha value is -0.980. The molecule has 92 valence electrons. The molecule has 0 saturated carbocycles. The minimum atomic E-state index is -3.85. The van der Waals surface area contributed by atoms with E-state index in [-0.39, 0.29) is 16.2 Å². The highest BCUT2D eigenvalue weighted by molar-refractivity contribution is 7.85. The molecule has 1 N–H and O–H groups in total. The van der Waals surface area contributed by atoms with Gasteiger partial charge in [0.05, 0.1) is 5.75 Å². The van der Waals surface area contributed by atoms with Crippen molar-refractivity contribution in [2.45, 2.75) is 19.1 Å². The minimum absolute atomic E-state index is 0.107. The summed E-state index contributed by atoms with van der Waals surface area (Å²) in [5.41, 5.74) is 0.986. The van der Waals surface area contributed by atoms with E-state index in [1.165, 1.54) is 4.70 Å². The first kappa shape index (κ1) is 12.5. The van der Waals surface area contributed by atoms with Crippen molar-refractivity contribution in [1.82, 2.24) is 4.98 Å². The molecule has 1 aromatic carbocycles. The van der Waals surface area contributed by atoms with Gasteiger partial charge >= 0.3 is 0 Å². The first-order chi connectivity index (χ1) is 7.97. The summed E-state index contributed by atoms with van der Waals surface area (Å²) in [4.78, 5) is 4.47. The molecule has 0 bridgehead atoms. The van der Waals surface area contributed by atoms with Crippen molar-refractivity contribution >= 4 is 30.8 Å². The smallest absolute Gasteiger partial charge is 0.265 e. The number of aromatic nitrogens is 1. The third kappa shape index (κ3) is 3.02. The van der Waals surface area contributed by atoms with Crippen LogP contribution in [0.1, 0.15) is 11.4 Å². The highest BCUT2D eigenvalue weighted by Crippen LogP contribution is 2.34. The Morgan fingerprint density at radius 2 is 2.06 bits per heavy atom. The maximum absolute atomic E-state index is 10.7. The molecule has 17 heavy (non-hydrogen) atoms. The monoisotopic (exact) mass is 272 g/mol. The third-order valence-electron chi connectivity index (χ3n) is 2.52. The van der Waals surface area contributed by atoms with Crippen molar-refractivity contribution in [1.29, 1.82) is 0 Å². The SMILES string of the molecule is Cc1nc2ccccc2[s+]1CCCS(=O)(=O)O. The average molecular weight is 272 g/mol. The topological polar surface area (TPSA) is 67.3 Å². The zero-order valence-corrected chi connectivity index (χ0v) is 11.1. The van der Waals surface area contributed by atoms with Crippen LogP contribution in [0.15, 0.2) is 24.3 Å². The fourth-order valence-electron chi connectivity index (χ4n) is 1.79. The zero-order valence-electron chi connectivity index (χ0n) is 9.46. The summed E-state index contributed by atoms with van der Waals surface area (Å²) in [6.45, 7) is 1.97. The Bertz CT molecular complexity index is 631. The number of benzene rings is 1. The lowest BCUT2D eigenvalue weighted by Crippen LogP contribution is -2.03. The van der Waals surface area contributed by atoms with Crippen molar-refractivity contribution in [2.75, 3.05) is 5.75 Å². The van der Waals surface area contributed by atoms with Gasteiger partial charge in [-0.2, -0.15) is 13.4 Å². The van der Waals surface area contributed by atoms with Crippen molar-refractivity contribution < 1.29 is 13.0 Å². The van der Waals surface area contributed by atoms with E-state index in [9.17, 15) is 8.42 Å². The second-order valence-corrected chi connectivity index (χ2v) is 7.63. The largest absolute Gasteiger partial charge is 0.286 e. The summed E-state index contributed by atoms with van der Waals surface area (Å²) in [5, 5.41) is 1.04. The number of nitrogens with zero attached hydrogens (tertiary/aromatic N) is 1. The molecule has 1 aromatic heterocycles. The third-order valence-corrected chi connectivity index (χ3v) is 5.70. The molecule has 1 atom stereocenters. The number of hydrogen-bond donors (Lipinski definition) is 1.